The summed E-state index contributed by atoms with van der Waals surface area (Å²) in [7, 11) is -1.77. The van der Waals surface area contributed by atoms with E-state index in [1.165, 1.54) is 18.6 Å². The van der Waals surface area contributed by atoms with Crippen LogP contribution in [0.1, 0.15) is 51.0 Å². The van der Waals surface area contributed by atoms with Gasteiger partial charge in [0.25, 0.3) is 15.9 Å². The molecular formula is C21H30N6O5S. The number of nitro groups is 1. The highest BCUT2D eigenvalue weighted by Crippen LogP contribution is 2.28. The van der Waals surface area contributed by atoms with Crippen LogP contribution in [-0.4, -0.2) is 76.3 Å². The summed E-state index contributed by atoms with van der Waals surface area (Å²) in [5.74, 6) is 0.723. The van der Waals surface area contributed by atoms with E-state index in [1.807, 2.05) is 6.92 Å². The van der Waals surface area contributed by atoms with Gasteiger partial charge in [0.1, 0.15) is 0 Å². The third kappa shape index (κ3) is 5.08. The highest BCUT2D eigenvalue weighted by Gasteiger charge is 2.36. The van der Waals surface area contributed by atoms with Crippen molar-refractivity contribution in [3.8, 4) is 11.5 Å². The fourth-order valence-corrected chi connectivity index (χ4v) is 6.12. The summed E-state index contributed by atoms with van der Waals surface area (Å²) in [5, 5.41) is 19.1. The summed E-state index contributed by atoms with van der Waals surface area (Å²) in [5.41, 5.74) is 0.599. The third-order valence-electron chi connectivity index (χ3n) is 6.72. The number of rotatable bonds is 7. The molecule has 1 saturated carbocycles. The van der Waals surface area contributed by atoms with E-state index in [0.717, 1.165) is 25.7 Å². The van der Waals surface area contributed by atoms with Crippen molar-refractivity contribution in [1.29, 1.82) is 0 Å². The van der Waals surface area contributed by atoms with E-state index in [4.69, 9.17) is 4.42 Å². The Bertz CT molecular complexity index is 1060. The maximum absolute atomic E-state index is 13.1. The molecule has 2 fully saturated rings. The van der Waals surface area contributed by atoms with Crippen molar-refractivity contribution >= 4 is 15.9 Å². The molecule has 0 amide bonds. The molecule has 2 aliphatic rings. The molecule has 1 aliphatic carbocycles. The lowest BCUT2D eigenvalue weighted by molar-refractivity contribution is -0.384. The van der Waals surface area contributed by atoms with Gasteiger partial charge in [-0.2, -0.15) is 17.0 Å². The van der Waals surface area contributed by atoms with Crippen molar-refractivity contribution in [2.75, 3.05) is 33.2 Å². The maximum Gasteiger partial charge on any atom is 0.282 e. The summed E-state index contributed by atoms with van der Waals surface area (Å²) < 4.78 is 35.2. The summed E-state index contributed by atoms with van der Waals surface area (Å²) in [6.07, 6.45) is 5.22. The lowest BCUT2D eigenvalue weighted by Crippen LogP contribution is -2.54. The molecule has 1 aromatic carbocycles. The Hall–Kier alpha value is -2.41. The number of non-ortho nitro benzene ring substituents is 1. The zero-order valence-corrected chi connectivity index (χ0v) is 19.8. The zero-order chi connectivity index (χ0) is 23.6. The SMILES string of the molecule is CC(c1nnc(-c2ccc([N+](=O)[O-])cc2)o1)N1CCN(S(=O)(=O)N(C)C2CCCCC2)CC1. The predicted octanol–water partition coefficient (Wildman–Crippen LogP) is 2.83. The monoisotopic (exact) mass is 478 g/mol. The first-order valence-electron chi connectivity index (χ1n) is 11.3. The Morgan fingerprint density at radius 2 is 1.73 bits per heavy atom. The van der Waals surface area contributed by atoms with Crippen molar-refractivity contribution in [1.82, 2.24) is 23.7 Å². The fraction of sp³-hybridized carbons (Fsp3) is 0.619. The predicted molar refractivity (Wildman–Crippen MR) is 122 cm³/mol. The van der Waals surface area contributed by atoms with Gasteiger partial charge in [0.2, 0.25) is 11.8 Å². The Labute approximate surface area is 193 Å². The number of nitrogens with zero attached hydrogens (tertiary/aromatic N) is 6. The van der Waals surface area contributed by atoms with Crippen molar-refractivity contribution in [2.24, 2.45) is 0 Å². The Balaban J connectivity index is 1.36. The largest absolute Gasteiger partial charge is 0.419 e. The molecule has 4 rings (SSSR count). The van der Waals surface area contributed by atoms with E-state index in [9.17, 15) is 18.5 Å². The van der Waals surface area contributed by atoms with Gasteiger partial charge in [0, 0.05) is 57.0 Å². The first-order valence-corrected chi connectivity index (χ1v) is 12.7. The first kappa shape index (κ1) is 23.7. The van der Waals surface area contributed by atoms with Crippen LogP contribution in [0.15, 0.2) is 28.7 Å². The molecule has 1 aromatic heterocycles. The van der Waals surface area contributed by atoms with Gasteiger partial charge < -0.3 is 4.42 Å². The second-order valence-corrected chi connectivity index (χ2v) is 10.7. The topological polar surface area (TPSA) is 126 Å². The van der Waals surface area contributed by atoms with Crippen molar-refractivity contribution in [3.05, 3.63) is 40.3 Å². The van der Waals surface area contributed by atoms with Gasteiger partial charge in [-0.25, -0.2) is 0 Å². The number of nitro benzene ring substituents is 1. The van der Waals surface area contributed by atoms with Gasteiger partial charge in [-0.05, 0) is 31.9 Å². The summed E-state index contributed by atoms with van der Waals surface area (Å²) in [6, 6.07) is 5.86. The molecule has 12 heteroatoms. The maximum atomic E-state index is 13.1. The highest BCUT2D eigenvalue weighted by atomic mass is 32.2. The normalized spacial score (nSPS) is 20.2. The minimum Gasteiger partial charge on any atom is -0.419 e. The molecule has 0 N–H and O–H groups in total. The molecule has 0 spiro atoms. The van der Waals surface area contributed by atoms with Gasteiger partial charge in [-0.15, -0.1) is 10.2 Å². The summed E-state index contributed by atoms with van der Waals surface area (Å²) in [6.45, 7) is 3.90. The van der Waals surface area contributed by atoms with Crippen LogP contribution in [0.3, 0.4) is 0 Å². The molecular weight excluding hydrogens is 448 g/mol. The lowest BCUT2D eigenvalue weighted by Gasteiger charge is -2.39. The molecule has 11 nitrogen and oxygen atoms in total. The average Bonchev–Trinajstić information content (AvgIpc) is 3.34. The average molecular weight is 479 g/mol. The second-order valence-electron chi connectivity index (χ2n) is 8.68. The van der Waals surface area contributed by atoms with E-state index >= 15 is 0 Å². The number of aromatic nitrogens is 2. The van der Waals surface area contributed by atoms with Crippen LogP contribution in [0.5, 0.6) is 0 Å². The number of hydrogen-bond acceptors (Lipinski definition) is 8. The van der Waals surface area contributed by atoms with Gasteiger partial charge in [0.15, 0.2) is 0 Å². The van der Waals surface area contributed by atoms with Crippen LogP contribution in [-0.2, 0) is 10.2 Å². The molecule has 0 radical (unpaired) electrons. The van der Waals surface area contributed by atoms with Crippen molar-refractivity contribution in [3.63, 3.8) is 0 Å². The standard InChI is InChI=1S/C21H30N6O5S/c1-16(20-22-23-21(32-20)17-8-10-19(11-9-17)27(28)29)25-12-14-26(15-13-25)33(30,31)24(2)18-6-4-3-5-7-18/h8-11,16,18H,3-7,12-15H2,1-2H3. The fourth-order valence-electron chi connectivity index (χ4n) is 4.54. The molecule has 1 atom stereocenters. The summed E-state index contributed by atoms with van der Waals surface area (Å²) in [4.78, 5) is 12.5. The van der Waals surface area contributed by atoms with Crippen molar-refractivity contribution in [2.45, 2.75) is 51.1 Å². The number of hydrogen-bond donors (Lipinski definition) is 0. The van der Waals surface area contributed by atoms with Gasteiger partial charge in [-0.1, -0.05) is 19.3 Å². The first-order chi connectivity index (χ1) is 15.8. The van der Waals surface area contributed by atoms with Crippen LogP contribution in [0.2, 0.25) is 0 Å². The van der Waals surface area contributed by atoms with Crippen LogP contribution >= 0.6 is 0 Å². The van der Waals surface area contributed by atoms with Crippen molar-refractivity contribution < 1.29 is 17.8 Å². The Morgan fingerprint density at radius 1 is 1.09 bits per heavy atom. The molecule has 2 heterocycles. The molecule has 2 aromatic rings. The molecule has 0 bridgehead atoms. The minimum absolute atomic E-state index is 0.00573. The van der Waals surface area contributed by atoms with Gasteiger partial charge in [-0.3, -0.25) is 15.0 Å². The third-order valence-corrected chi connectivity index (χ3v) is 8.77. The minimum atomic E-state index is -3.48. The molecule has 1 saturated heterocycles. The Morgan fingerprint density at radius 3 is 2.33 bits per heavy atom. The molecule has 1 unspecified atom stereocenters. The van der Waals surface area contributed by atoms with Crippen LogP contribution in [0.4, 0.5) is 5.69 Å². The van der Waals surface area contributed by atoms with Gasteiger partial charge in [0.05, 0.1) is 11.0 Å². The Kier molecular flexibility index (Phi) is 7.07. The lowest BCUT2D eigenvalue weighted by atomic mass is 9.96. The number of piperazine rings is 1. The van der Waals surface area contributed by atoms with Crippen LogP contribution < -0.4 is 0 Å². The van der Waals surface area contributed by atoms with E-state index in [2.05, 4.69) is 15.1 Å². The smallest absolute Gasteiger partial charge is 0.282 e. The zero-order valence-electron chi connectivity index (χ0n) is 19.0. The molecule has 33 heavy (non-hydrogen) atoms. The van der Waals surface area contributed by atoms with Crippen LogP contribution in [0, 0.1) is 10.1 Å². The summed E-state index contributed by atoms with van der Waals surface area (Å²) >= 11 is 0. The highest BCUT2D eigenvalue weighted by molar-refractivity contribution is 7.86. The van der Waals surface area contributed by atoms with E-state index in [-0.39, 0.29) is 17.8 Å². The van der Waals surface area contributed by atoms with Gasteiger partial charge >= 0.3 is 0 Å². The molecule has 180 valence electrons. The van der Waals surface area contributed by atoms with E-state index in [0.29, 0.717) is 43.5 Å². The second kappa shape index (κ2) is 9.84. The quantitative estimate of drug-likeness (QED) is 0.439. The van der Waals surface area contributed by atoms with E-state index < -0.39 is 15.1 Å². The van der Waals surface area contributed by atoms with Crippen LogP contribution in [0.25, 0.3) is 11.5 Å². The van der Waals surface area contributed by atoms with E-state index in [1.54, 1.807) is 27.8 Å². The molecule has 1 aliphatic heterocycles. The number of benzene rings is 1.